The molecule has 0 bridgehead atoms. The van der Waals surface area contributed by atoms with Gasteiger partial charge in [-0.05, 0) is 47.1 Å². The van der Waals surface area contributed by atoms with Crippen molar-refractivity contribution in [2.24, 2.45) is 0 Å². The third kappa shape index (κ3) is 5.28. The fourth-order valence-electron chi connectivity index (χ4n) is 2.84. The first-order valence-electron chi connectivity index (χ1n) is 8.96. The summed E-state index contributed by atoms with van der Waals surface area (Å²) < 4.78 is 5.61. The molecule has 3 rings (SSSR count). The molecule has 27 heavy (non-hydrogen) atoms. The molecule has 1 amide bonds. The molecule has 0 unspecified atom stereocenters. The van der Waals surface area contributed by atoms with Crippen molar-refractivity contribution in [1.82, 2.24) is 5.32 Å². The van der Waals surface area contributed by atoms with Gasteiger partial charge in [0.05, 0.1) is 13.0 Å². The van der Waals surface area contributed by atoms with E-state index in [0.29, 0.717) is 6.61 Å². The Morgan fingerprint density at radius 1 is 1.04 bits per heavy atom. The van der Waals surface area contributed by atoms with Crippen LogP contribution >= 0.6 is 12.2 Å². The van der Waals surface area contributed by atoms with E-state index in [0.717, 1.165) is 34.2 Å². The zero-order chi connectivity index (χ0) is 19.1. The van der Waals surface area contributed by atoms with Crippen LogP contribution in [0.15, 0.2) is 66.7 Å². The zero-order valence-electron chi connectivity index (χ0n) is 15.2. The van der Waals surface area contributed by atoms with E-state index in [-0.39, 0.29) is 17.4 Å². The lowest BCUT2D eigenvalue weighted by Gasteiger charge is -2.12. The Hall–Kier alpha value is -2.92. The summed E-state index contributed by atoms with van der Waals surface area (Å²) in [7, 11) is 0. The van der Waals surface area contributed by atoms with Crippen molar-refractivity contribution in [3.8, 4) is 5.75 Å². The summed E-state index contributed by atoms with van der Waals surface area (Å²) in [5, 5.41) is 8.24. The number of rotatable bonds is 6. The summed E-state index contributed by atoms with van der Waals surface area (Å²) in [6, 6.07) is 21.5. The highest BCUT2D eigenvalue weighted by molar-refractivity contribution is 7.80. The molecule has 138 valence electrons. The van der Waals surface area contributed by atoms with E-state index in [9.17, 15) is 4.79 Å². The predicted molar refractivity (Wildman–Crippen MR) is 114 cm³/mol. The minimum Gasteiger partial charge on any atom is -0.494 e. The molecule has 0 fully saturated rings. The van der Waals surface area contributed by atoms with Crippen molar-refractivity contribution < 1.29 is 9.53 Å². The SMILES string of the molecule is CCCOc1cccc(NC(=S)NC(=O)Cc2cccc3ccccc23)c1. The number of ether oxygens (including phenoxy) is 1. The van der Waals surface area contributed by atoms with E-state index in [1.807, 2.05) is 66.7 Å². The summed E-state index contributed by atoms with van der Waals surface area (Å²) in [5.74, 6) is 0.619. The van der Waals surface area contributed by atoms with E-state index in [4.69, 9.17) is 17.0 Å². The smallest absolute Gasteiger partial charge is 0.230 e. The summed E-state index contributed by atoms with van der Waals surface area (Å²) in [5.41, 5.74) is 1.75. The first kappa shape index (κ1) is 18.9. The third-order valence-electron chi connectivity index (χ3n) is 4.05. The minimum absolute atomic E-state index is 0.151. The van der Waals surface area contributed by atoms with E-state index in [1.165, 1.54) is 0 Å². The van der Waals surface area contributed by atoms with Crippen molar-refractivity contribution in [3.63, 3.8) is 0 Å². The van der Waals surface area contributed by atoms with Crippen LogP contribution < -0.4 is 15.4 Å². The van der Waals surface area contributed by atoms with Gasteiger partial charge in [0.2, 0.25) is 5.91 Å². The maximum atomic E-state index is 12.4. The lowest BCUT2D eigenvalue weighted by molar-refractivity contribution is -0.119. The number of fused-ring (bicyclic) bond motifs is 1. The number of hydrogen-bond donors (Lipinski definition) is 2. The Morgan fingerprint density at radius 3 is 2.67 bits per heavy atom. The molecule has 0 saturated heterocycles. The van der Waals surface area contributed by atoms with Gasteiger partial charge in [-0.1, -0.05) is 55.5 Å². The lowest BCUT2D eigenvalue weighted by Crippen LogP contribution is -2.35. The van der Waals surface area contributed by atoms with Crippen molar-refractivity contribution in [1.29, 1.82) is 0 Å². The van der Waals surface area contributed by atoms with Crippen LogP contribution in [-0.2, 0) is 11.2 Å². The Bertz CT molecular complexity index is 950. The number of anilines is 1. The fraction of sp³-hybridized carbons (Fsp3) is 0.182. The van der Waals surface area contributed by atoms with Crippen molar-refractivity contribution in [2.45, 2.75) is 19.8 Å². The zero-order valence-corrected chi connectivity index (χ0v) is 16.0. The number of carbonyl (C=O) groups excluding carboxylic acids is 1. The summed E-state index contributed by atoms with van der Waals surface area (Å²) in [6.07, 6.45) is 1.21. The maximum Gasteiger partial charge on any atom is 0.230 e. The standard InChI is InChI=1S/C22H22N2O2S/c1-2-13-26-19-11-6-10-18(15-19)23-22(27)24-21(25)14-17-9-5-8-16-7-3-4-12-20(16)17/h3-12,15H,2,13-14H2,1H3,(H2,23,24,25,27). The average molecular weight is 378 g/mol. The molecule has 0 aliphatic rings. The normalized spacial score (nSPS) is 10.4. The molecule has 3 aromatic carbocycles. The molecule has 0 radical (unpaired) electrons. The van der Waals surface area contributed by atoms with Crippen LogP contribution in [0.2, 0.25) is 0 Å². The number of benzene rings is 3. The highest BCUT2D eigenvalue weighted by Gasteiger charge is 2.09. The molecule has 0 aliphatic carbocycles. The van der Waals surface area contributed by atoms with Gasteiger partial charge in [0.1, 0.15) is 5.75 Å². The van der Waals surface area contributed by atoms with Crippen LogP contribution in [0.3, 0.4) is 0 Å². The van der Waals surface area contributed by atoms with Crippen LogP contribution in [0.4, 0.5) is 5.69 Å². The second kappa shape index (κ2) is 9.14. The van der Waals surface area contributed by atoms with Gasteiger partial charge in [0.25, 0.3) is 0 Å². The topological polar surface area (TPSA) is 50.4 Å². The van der Waals surface area contributed by atoms with Crippen molar-refractivity contribution in [2.75, 3.05) is 11.9 Å². The molecular weight excluding hydrogens is 356 g/mol. The lowest BCUT2D eigenvalue weighted by atomic mass is 10.0. The second-order valence-electron chi connectivity index (χ2n) is 6.19. The monoisotopic (exact) mass is 378 g/mol. The van der Waals surface area contributed by atoms with Crippen LogP contribution in [0.25, 0.3) is 10.8 Å². The van der Waals surface area contributed by atoms with Gasteiger partial charge in [-0.25, -0.2) is 0 Å². The first-order chi connectivity index (χ1) is 13.2. The highest BCUT2D eigenvalue weighted by atomic mass is 32.1. The number of nitrogens with one attached hydrogen (secondary N) is 2. The highest BCUT2D eigenvalue weighted by Crippen LogP contribution is 2.19. The summed E-state index contributed by atoms with van der Waals surface area (Å²) in [4.78, 5) is 12.4. The first-order valence-corrected chi connectivity index (χ1v) is 9.37. The Labute approximate surface area is 164 Å². The molecule has 4 nitrogen and oxygen atoms in total. The minimum atomic E-state index is -0.151. The van der Waals surface area contributed by atoms with Gasteiger partial charge >= 0.3 is 0 Å². The number of amides is 1. The molecule has 0 heterocycles. The van der Waals surface area contributed by atoms with Crippen molar-refractivity contribution in [3.05, 3.63) is 72.3 Å². The number of hydrogen-bond acceptors (Lipinski definition) is 3. The van der Waals surface area contributed by atoms with Gasteiger partial charge in [0, 0.05) is 11.8 Å². The predicted octanol–water partition coefficient (Wildman–Crippen LogP) is 4.68. The van der Waals surface area contributed by atoms with E-state index in [2.05, 4.69) is 17.6 Å². The molecule has 0 aliphatic heterocycles. The van der Waals surface area contributed by atoms with Crippen molar-refractivity contribution >= 4 is 39.7 Å². The third-order valence-corrected chi connectivity index (χ3v) is 4.25. The number of carbonyl (C=O) groups is 1. The second-order valence-corrected chi connectivity index (χ2v) is 6.60. The molecule has 0 aromatic heterocycles. The molecule has 3 aromatic rings. The fourth-order valence-corrected chi connectivity index (χ4v) is 3.07. The van der Waals surface area contributed by atoms with E-state index < -0.39 is 0 Å². The van der Waals surface area contributed by atoms with Crippen LogP contribution in [0.1, 0.15) is 18.9 Å². The molecule has 0 atom stereocenters. The molecule has 5 heteroatoms. The Kier molecular flexibility index (Phi) is 6.39. The Morgan fingerprint density at radius 2 is 1.81 bits per heavy atom. The largest absolute Gasteiger partial charge is 0.494 e. The molecule has 0 spiro atoms. The van der Waals surface area contributed by atoms with E-state index >= 15 is 0 Å². The maximum absolute atomic E-state index is 12.4. The quantitative estimate of drug-likeness (QED) is 0.611. The molecule has 0 saturated carbocycles. The van der Waals surface area contributed by atoms with Crippen LogP contribution in [-0.4, -0.2) is 17.6 Å². The van der Waals surface area contributed by atoms with E-state index in [1.54, 1.807) is 0 Å². The summed E-state index contributed by atoms with van der Waals surface area (Å²) in [6.45, 7) is 2.72. The van der Waals surface area contributed by atoms with Gasteiger partial charge in [0.15, 0.2) is 5.11 Å². The van der Waals surface area contributed by atoms with Gasteiger partial charge < -0.3 is 15.4 Å². The average Bonchev–Trinajstić information content (AvgIpc) is 2.67. The van der Waals surface area contributed by atoms with Crippen LogP contribution in [0, 0.1) is 0 Å². The summed E-state index contributed by atoms with van der Waals surface area (Å²) >= 11 is 5.27. The van der Waals surface area contributed by atoms with Gasteiger partial charge in [-0.3, -0.25) is 4.79 Å². The van der Waals surface area contributed by atoms with Gasteiger partial charge in [-0.15, -0.1) is 0 Å². The Balaban J connectivity index is 1.60. The van der Waals surface area contributed by atoms with Crippen LogP contribution in [0.5, 0.6) is 5.75 Å². The molecular formula is C22H22N2O2S. The molecule has 2 N–H and O–H groups in total. The van der Waals surface area contributed by atoms with Gasteiger partial charge in [-0.2, -0.15) is 0 Å². The number of thiocarbonyl (C=S) groups is 1.